The van der Waals surface area contributed by atoms with Gasteiger partial charge in [-0.2, -0.15) is 5.26 Å². The number of hydrogen-bond donors (Lipinski definition) is 1. The SMILES string of the molecule is COc1ccc(CN(CCC#N)CC(C)C)cc1N. The second-order valence-electron chi connectivity index (χ2n) is 5.11. The summed E-state index contributed by atoms with van der Waals surface area (Å²) >= 11 is 0. The third-order valence-electron chi connectivity index (χ3n) is 2.86. The predicted octanol–water partition coefficient (Wildman–Crippen LogP) is 2.65. The van der Waals surface area contributed by atoms with Crippen LogP contribution in [0, 0.1) is 17.2 Å². The Morgan fingerprint density at radius 2 is 2.16 bits per heavy atom. The Bertz CT molecular complexity index is 438. The second-order valence-corrected chi connectivity index (χ2v) is 5.11. The zero-order chi connectivity index (χ0) is 14.3. The number of nitrogens with zero attached hydrogens (tertiary/aromatic N) is 2. The largest absolute Gasteiger partial charge is 0.495 e. The first-order chi connectivity index (χ1) is 9.06. The van der Waals surface area contributed by atoms with Crippen molar-refractivity contribution in [2.75, 3.05) is 25.9 Å². The van der Waals surface area contributed by atoms with E-state index in [0.717, 1.165) is 25.2 Å². The first-order valence-corrected chi connectivity index (χ1v) is 6.58. The first-order valence-electron chi connectivity index (χ1n) is 6.58. The van der Waals surface area contributed by atoms with Crippen LogP contribution in [0.4, 0.5) is 5.69 Å². The average Bonchev–Trinajstić information content (AvgIpc) is 2.35. The molecule has 0 aliphatic rings. The summed E-state index contributed by atoms with van der Waals surface area (Å²) in [4.78, 5) is 2.29. The van der Waals surface area contributed by atoms with Crippen molar-refractivity contribution in [1.29, 1.82) is 5.26 Å². The highest BCUT2D eigenvalue weighted by Gasteiger charge is 2.09. The highest BCUT2D eigenvalue weighted by atomic mass is 16.5. The fourth-order valence-corrected chi connectivity index (χ4v) is 2.10. The van der Waals surface area contributed by atoms with Gasteiger partial charge in [0.15, 0.2) is 0 Å². The summed E-state index contributed by atoms with van der Waals surface area (Å²) in [5.74, 6) is 1.28. The van der Waals surface area contributed by atoms with Crippen molar-refractivity contribution >= 4 is 5.69 Å². The lowest BCUT2D eigenvalue weighted by molar-refractivity contribution is 0.241. The van der Waals surface area contributed by atoms with Gasteiger partial charge < -0.3 is 10.5 Å². The van der Waals surface area contributed by atoms with Crippen molar-refractivity contribution in [2.45, 2.75) is 26.8 Å². The van der Waals surface area contributed by atoms with E-state index in [1.54, 1.807) is 7.11 Å². The standard InChI is InChI=1S/C15H23N3O/c1-12(2)10-18(8-4-7-16)11-13-5-6-15(19-3)14(17)9-13/h5-6,9,12H,4,8,10-11,17H2,1-3H3. The van der Waals surface area contributed by atoms with Crippen LogP contribution in [-0.2, 0) is 6.54 Å². The highest BCUT2D eigenvalue weighted by Crippen LogP contribution is 2.22. The third kappa shape index (κ3) is 5.19. The maximum Gasteiger partial charge on any atom is 0.141 e. The molecule has 0 aliphatic carbocycles. The molecular weight excluding hydrogens is 238 g/mol. The summed E-state index contributed by atoms with van der Waals surface area (Å²) in [5.41, 5.74) is 7.72. The van der Waals surface area contributed by atoms with E-state index in [4.69, 9.17) is 15.7 Å². The van der Waals surface area contributed by atoms with Crippen molar-refractivity contribution in [3.05, 3.63) is 23.8 Å². The summed E-state index contributed by atoms with van der Waals surface area (Å²) < 4.78 is 5.15. The Morgan fingerprint density at radius 3 is 2.68 bits per heavy atom. The minimum atomic E-state index is 0.554. The van der Waals surface area contributed by atoms with Crippen LogP contribution in [-0.4, -0.2) is 25.1 Å². The van der Waals surface area contributed by atoms with Crippen LogP contribution in [0.2, 0.25) is 0 Å². The molecule has 0 aliphatic heterocycles. The molecule has 0 heterocycles. The van der Waals surface area contributed by atoms with Gasteiger partial charge in [0.05, 0.1) is 18.9 Å². The van der Waals surface area contributed by atoms with Gasteiger partial charge in [-0.25, -0.2) is 0 Å². The lowest BCUT2D eigenvalue weighted by Gasteiger charge is -2.23. The number of methoxy groups -OCH3 is 1. The molecule has 4 nitrogen and oxygen atoms in total. The summed E-state index contributed by atoms with van der Waals surface area (Å²) in [6.45, 7) is 6.95. The van der Waals surface area contributed by atoms with Gasteiger partial charge in [-0.3, -0.25) is 4.90 Å². The quantitative estimate of drug-likeness (QED) is 0.766. The number of nitriles is 1. The molecule has 0 saturated carbocycles. The molecule has 0 atom stereocenters. The summed E-state index contributed by atoms with van der Waals surface area (Å²) in [6.07, 6.45) is 0.554. The maximum absolute atomic E-state index is 8.71. The van der Waals surface area contributed by atoms with Gasteiger partial charge in [0, 0.05) is 26.1 Å². The highest BCUT2D eigenvalue weighted by molar-refractivity contribution is 5.54. The maximum atomic E-state index is 8.71. The van der Waals surface area contributed by atoms with Crippen LogP contribution in [0.25, 0.3) is 0 Å². The Kier molecular flexibility index (Phi) is 6.17. The fraction of sp³-hybridized carbons (Fsp3) is 0.533. The Labute approximate surface area is 115 Å². The fourth-order valence-electron chi connectivity index (χ4n) is 2.10. The molecule has 0 saturated heterocycles. The summed E-state index contributed by atoms with van der Waals surface area (Å²) in [6, 6.07) is 8.06. The Hall–Kier alpha value is -1.73. The van der Waals surface area contributed by atoms with Gasteiger partial charge in [-0.05, 0) is 23.6 Å². The number of nitrogen functional groups attached to an aromatic ring is 1. The van der Waals surface area contributed by atoms with E-state index >= 15 is 0 Å². The molecule has 1 rings (SSSR count). The molecule has 0 unspecified atom stereocenters. The van der Waals surface area contributed by atoms with E-state index in [0.29, 0.717) is 23.8 Å². The van der Waals surface area contributed by atoms with Crippen molar-refractivity contribution in [1.82, 2.24) is 4.90 Å². The molecule has 0 radical (unpaired) electrons. The molecule has 0 aromatic heterocycles. The van der Waals surface area contributed by atoms with Crippen LogP contribution in [0.15, 0.2) is 18.2 Å². The molecule has 0 spiro atoms. The minimum absolute atomic E-state index is 0.554. The number of anilines is 1. The van der Waals surface area contributed by atoms with E-state index in [1.807, 2.05) is 18.2 Å². The molecule has 104 valence electrons. The van der Waals surface area contributed by atoms with Crippen LogP contribution in [0.3, 0.4) is 0 Å². The van der Waals surface area contributed by atoms with Gasteiger partial charge in [-0.15, -0.1) is 0 Å². The molecule has 2 N–H and O–H groups in total. The van der Waals surface area contributed by atoms with E-state index in [1.165, 1.54) is 0 Å². The smallest absolute Gasteiger partial charge is 0.141 e. The van der Waals surface area contributed by atoms with Gasteiger partial charge in [0.2, 0.25) is 0 Å². The van der Waals surface area contributed by atoms with Crippen LogP contribution < -0.4 is 10.5 Å². The van der Waals surface area contributed by atoms with Crippen molar-refractivity contribution < 1.29 is 4.74 Å². The topological polar surface area (TPSA) is 62.3 Å². The van der Waals surface area contributed by atoms with Gasteiger partial charge in [0.1, 0.15) is 5.75 Å². The monoisotopic (exact) mass is 261 g/mol. The van der Waals surface area contributed by atoms with Gasteiger partial charge in [0.25, 0.3) is 0 Å². The van der Waals surface area contributed by atoms with E-state index in [9.17, 15) is 0 Å². The molecule has 1 aromatic rings. The molecule has 19 heavy (non-hydrogen) atoms. The third-order valence-corrected chi connectivity index (χ3v) is 2.86. The van der Waals surface area contributed by atoms with Crippen LogP contribution in [0.5, 0.6) is 5.75 Å². The van der Waals surface area contributed by atoms with E-state index in [-0.39, 0.29) is 0 Å². The van der Waals surface area contributed by atoms with Crippen molar-refractivity contribution in [3.63, 3.8) is 0 Å². The van der Waals surface area contributed by atoms with Gasteiger partial charge in [-0.1, -0.05) is 19.9 Å². The molecule has 1 aromatic carbocycles. The van der Waals surface area contributed by atoms with Crippen LogP contribution >= 0.6 is 0 Å². The number of ether oxygens (including phenoxy) is 1. The summed E-state index contributed by atoms with van der Waals surface area (Å²) in [5, 5.41) is 8.71. The molecule has 4 heteroatoms. The van der Waals surface area contributed by atoms with E-state index in [2.05, 4.69) is 24.8 Å². The Balaban J connectivity index is 2.72. The lowest BCUT2D eigenvalue weighted by Crippen LogP contribution is -2.28. The second kappa shape index (κ2) is 7.65. The van der Waals surface area contributed by atoms with Crippen molar-refractivity contribution in [2.24, 2.45) is 5.92 Å². The van der Waals surface area contributed by atoms with Crippen LogP contribution in [0.1, 0.15) is 25.8 Å². The first kappa shape index (κ1) is 15.3. The summed E-state index contributed by atoms with van der Waals surface area (Å²) in [7, 11) is 1.61. The van der Waals surface area contributed by atoms with E-state index < -0.39 is 0 Å². The molecular formula is C15H23N3O. The average molecular weight is 261 g/mol. The minimum Gasteiger partial charge on any atom is -0.495 e. The Morgan fingerprint density at radius 1 is 1.42 bits per heavy atom. The number of rotatable bonds is 7. The zero-order valence-electron chi connectivity index (χ0n) is 12.0. The molecule has 0 amide bonds. The number of hydrogen-bond acceptors (Lipinski definition) is 4. The zero-order valence-corrected chi connectivity index (χ0v) is 12.0. The normalized spacial score (nSPS) is 10.7. The predicted molar refractivity (Wildman–Crippen MR) is 77.8 cm³/mol. The number of nitrogens with two attached hydrogens (primary N) is 1. The number of benzene rings is 1. The molecule has 0 bridgehead atoms. The lowest BCUT2D eigenvalue weighted by atomic mass is 10.1. The molecule has 0 fully saturated rings. The van der Waals surface area contributed by atoms with Crippen molar-refractivity contribution in [3.8, 4) is 11.8 Å². The van der Waals surface area contributed by atoms with Gasteiger partial charge >= 0.3 is 0 Å².